The Morgan fingerprint density at radius 1 is 0.778 bits per heavy atom. The van der Waals surface area contributed by atoms with Crippen LogP contribution < -0.4 is 9.47 Å². The molecule has 3 heteroatoms. The van der Waals surface area contributed by atoms with Crippen molar-refractivity contribution in [1.29, 1.82) is 0 Å². The Morgan fingerprint density at radius 3 is 1.61 bits per heavy atom. The van der Waals surface area contributed by atoms with Crippen LogP contribution in [-0.2, 0) is 0 Å². The van der Waals surface area contributed by atoms with Crippen LogP contribution in [0.5, 0.6) is 11.5 Å². The second kappa shape index (κ2) is 7.07. The van der Waals surface area contributed by atoms with Crippen LogP contribution in [-0.4, -0.2) is 11.6 Å². The lowest BCUT2D eigenvalue weighted by atomic mass is 10.3. The van der Waals surface area contributed by atoms with E-state index in [0.29, 0.717) is 0 Å². The number of halogens is 1. The molecule has 0 aliphatic heterocycles. The first-order valence-electron chi connectivity index (χ1n) is 5.88. The van der Waals surface area contributed by atoms with Gasteiger partial charge < -0.3 is 9.47 Å². The lowest BCUT2D eigenvalue weighted by Crippen LogP contribution is -2.24. The second-order valence-corrected chi connectivity index (χ2v) is 4.56. The van der Waals surface area contributed by atoms with Gasteiger partial charge in [0.2, 0.25) is 6.29 Å². The van der Waals surface area contributed by atoms with E-state index in [9.17, 15) is 0 Å². The zero-order chi connectivity index (χ0) is 12.6. The molecule has 0 bridgehead atoms. The number of hydrogen-bond acceptors (Lipinski definition) is 2. The Bertz CT molecular complexity index is 403. The molecule has 2 aromatic rings. The molecule has 0 aliphatic rings. The first-order valence-corrected chi connectivity index (χ1v) is 7.00. The highest BCUT2D eigenvalue weighted by Crippen LogP contribution is 2.17. The van der Waals surface area contributed by atoms with Crippen molar-refractivity contribution in [3.8, 4) is 11.5 Å². The van der Waals surface area contributed by atoms with Crippen molar-refractivity contribution in [2.45, 2.75) is 12.7 Å². The lowest BCUT2D eigenvalue weighted by Gasteiger charge is -2.19. The van der Waals surface area contributed by atoms with Gasteiger partial charge in [-0.1, -0.05) is 52.3 Å². The normalized spacial score (nSPS) is 10.3. The number of alkyl halides is 1. The maximum absolute atomic E-state index is 5.81. The average Bonchev–Trinajstić information content (AvgIpc) is 2.41. The van der Waals surface area contributed by atoms with Crippen molar-refractivity contribution in [1.82, 2.24) is 0 Å². The van der Waals surface area contributed by atoms with Crippen LogP contribution in [0.2, 0.25) is 0 Å². The molecule has 0 atom stereocenters. The van der Waals surface area contributed by atoms with Gasteiger partial charge in [0.05, 0.1) is 0 Å². The van der Waals surface area contributed by atoms with E-state index in [0.717, 1.165) is 23.2 Å². The Balaban J connectivity index is 2.00. The summed E-state index contributed by atoms with van der Waals surface area (Å²) in [7, 11) is 0. The maximum Gasteiger partial charge on any atom is 0.241 e. The molecule has 2 aromatic carbocycles. The molecule has 2 nitrogen and oxygen atoms in total. The van der Waals surface area contributed by atoms with Crippen LogP contribution in [0.1, 0.15) is 6.42 Å². The van der Waals surface area contributed by atoms with Gasteiger partial charge in [-0.2, -0.15) is 0 Å². The molecule has 0 unspecified atom stereocenters. The highest BCUT2D eigenvalue weighted by Gasteiger charge is 2.11. The lowest BCUT2D eigenvalue weighted by molar-refractivity contribution is 0.00449. The van der Waals surface area contributed by atoms with Crippen molar-refractivity contribution in [3.63, 3.8) is 0 Å². The number of hydrogen-bond donors (Lipinski definition) is 0. The molecule has 0 fully saturated rings. The number of rotatable bonds is 6. The summed E-state index contributed by atoms with van der Waals surface area (Å²) >= 11 is 3.42. The zero-order valence-corrected chi connectivity index (χ0v) is 11.5. The molecular weight excluding hydrogens is 292 g/mol. The van der Waals surface area contributed by atoms with Gasteiger partial charge in [-0.05, 0) is 24.3 Å². The summed E-state index contributed by atoms with van der Waals surface area (Å²) in [6, 6.07) is 19.4. The topological polar surface area (TPSA) is 18.5 Å². The van der Waals surface area contributed by atoms with Crippen LogP contribution in [0, 0.1) is 0 Å². The van der Waals surface area contributed by atoms with Crippen molar-refractivity contribution in [2.75, 3.05) is 5.33 Å². The fraction of sp³-hybridized carbons (Fsp3) is 0.200. The third kappa shape index (κ3) is 4.08. The molecule has 0 radical (unpaired) electrons. The molecular formula is C15H15BrO2. The second-order valence-electron chi connectivity index (χ2n) is 3.77. The Morgan fingerprint density at radius 2 is 1.22 bits per heavy atom. The Labute approximate surface area is 116 Å². The Kier molecular flexibility index (Phi) is 5.09. The summed E-state index contributed by atoms with van der Waals surface area (Å²) in [5.41, 5.74) is 0. The smallest absolute Gasteiger partial charge is 0.241 e. The summed E-state index contributed by atoms with van der Waals surface area (Å²) < 4.78 is 11.6. The summed E-state index contributed by atoms with van der Waals surface area (Å²) in [5, 5.41) is 0.831. The molecule has 18 heavy (non-hydrogen) atoms. The maximum atomic E-state index is 5.81. The fourth-order valence-corrected chi connectivity index (χ4v) is 1.91. The van der Waals surface area contributed by atoms with Gasteiger partial charge >= 0.3 is 0 Å². The van der Waals surface area contributed by atoms with Crippen molar-refractivity contribution in [2.24, 2.45) is 0 Å². The quantitative estimate of drug-likeness (QED) is 0.586. The highest BCUT2D eigenvalue weighted by molar-refractivity contribution is 9.09. The van der Waals surface area contributed by atoms with Crippen molar-refractivity contribution >= 4 is 15.9 Å². The molecule has 0 aromatic heterocycles. The standard InChI is InChI=1S/C15H15BrO2/c16-12-11-15(17-13-7-3-1-4-8-13)18-14-9-5-2-6-10-14/h1-10,15H,11-12H2. The van der Waals surface area contributed by atoms with Crippen molar-refractivity contribution < 1.29 is 9.47 Å². The monoisotopic (exact) mass is 306 g/mol. The van der Waals surface area contributed by atoms with E-state index in [2.05, 4.69) is 15.9 Å². The first kappa shape index (κ1) is 13.0. The van der Waals surface area contributed by atoms with E-state index in [1.54, 1.807) is 0 Å². The molecule has 0 saturated heterocycles. The van der Waals surface area contributed by atoms with Crippen LogP contribution in [0.25, 0.3) is 0 Å². The highest BCUT2D eigenvalue weighted by atomic mass is 79.9. The molecule has 0 amide bonds. The van der Waals surface area contributed by atoms with Gasteiger partial charge in [0.25, 0.3) is 0 Å². The fourth-order valence-electron chi connectivity index (χ4n) is 1.53. The predicted molar refractivity (Wildman–Crippen MR) is 76.3 cm³/mol. The van der Waals surface area contributed by atoms with E-state index in [-0.39, 0.29) is 6.29 Å². The SMILES string of the molecule is BrCCC(Oc1ccccc1)Oc1ccccc1. The summed E-state index contributed by atoms with van der Waals surface area (Å²) in [6.45, 7) is 0. The minimum Gasteiger partial charge on any atom is -0.455 e. The van der Waals surface area contributed by atoms with E-state index in [1.807, 2.05) is 60.7 Å². The van der Waals surface area contributed by atoms with E-state index in [4.69, 9.17) is 9.47 Å². The molecule has 0 N–H and O–H groups in total. The molecule has 2 rings (SSSR count). The minimum absolute atomic E-state index is 0.283. The number of benzene rings is 2. The van der Waals surface area contributed by atoms with Crippen LogP contribution in [0.15, 0.2) is 60.7 Å². The summed E-state index contributed by atoms with van der Waals surface area (Å²) in [4.78, 5) is 0. The van der Waals surface area contributed by atoms with Crippen molar-refractivity contribution in [3.05, 3.63) is 60.7 Å². The van der Waals surface area contributed by atoms with Gasteiger partial charge in [0, 0.05) is 11.8 Å². The largest absolute Gasteiger partial charge is 0.455 e. The molecule has 0 aliphatic carbocycles. The van der Waals surface area contributed by atoms with Gasteiger partial charge in [-0.25, -0.2) is 0 Å². The van der Waals surface area contributed by atoms with Gasteiger partial charge in [0.15, 0.2) is 0 Å². The first-order chi connectivity index (χ1) is 8.88. The molecule has 0 heterocycles. The van der Waals surface area contributed by atoms with Crippen LogP contribution in [0.3, 0.4) is 0 Å². The Hall–Kier alpha value is -1.48. The van der Waals surface area contributed by atoms with E-state index in [1.165, 1.54) is 0 Å². The molecule has 94 valence electrons. The third-order valence-electron chi connectivity index (χ3n) is 2.37. The van der Waals surface area contributed by atoms with Crippen LogP contribution in [0.4, 0.5) is 0 Å². The van der Waals surface area contributed by atoms with Crippen LogP contribution >= 0.6 is 15.9 Å². The minimum atomic E-state index is -0.283. The number of ether oxygens (including phenoxy) is 2. The summed E-state index contributed by atoms with van der Waals surface area (Å²) in [6.07, 6.45) is 0.498. The summed E-state index contributed by atoms with van der Waals surface area (Å²) in [5.74, 6) is 1.64. The average molecular weight is 307 g/mol. The van der Waals surface area contributed by atoms with Gasteiger partial charge in [-0.3, -0.25) is 0 Å². The van der Waals surface area contributed by atoms with Gasteiger partial charge in [-0.15, -0.1) is 0 Å². The zero-order valence-electron chi connectivity index (χ0n) is 9.96. The molecule has 0 spiro atoms. The third-order valence-corrected chi connectivity index (χ3v) is 2.82. The van der Waals surface area contributed by atoms with Gasteiger partial charge in [0.1, 0.15) is 11.5 Å². The van der Waals surface area contributed by atoms with E-state index >= 15 is 0 Å². The molecule has 0 saturated carbocycles. The van der Waals surface area contributed by atoms with E-state index < -0.39 is 0 Å². The predicted octanol–water partition coefficient (Wildman–Crippen LogP) is 4.26. The number of para-hydroxylation sites is 2.